The zero-order valence-electron chi connectivity index (χ0n) is 7.81. The van der Waals surface area contributed by atoms with Crippen LogP contribution >= 0.6 is 0 Å². The molecule has 1 aromatic rings. The van der Waals surface area contributed by atoms with Gasteiger partial charge in [0.25, 0.3) is 0 Å². The van der Waals surface area contributed by atoms with Gasteiger partial charge >= 0.3 is 21.1 Å². The van der Waals surface area contributed by atoms with E-state index in [9.17, 15) is 4.39 Å². The van der Waals surface area contributed by atoms with Crippen molar-refractivity contribution in [3.05, 3.63) is 42.1 Å². The molecule has 0 radical (unpaired) electrons. The van der Waals surface area contributed by atoms with Gasteiger partial charge in [-0.25, -0.2) is 9.65 Å². The molecule has 1 aromatic carbocycles. The fraction of sp³-hybridized carbons (Fsp3) is 0.200. The predicted molar refractivity (Wildman–Crippen MR) is 45.8 cm³/mol. The molecule has 0 aromatic heterocycles. The Hall–Kier alpha value is -0.672. The van der Waals surface area contributed by atoms with Gasteiger partial charge < -0.3 is 7.43 Å². The predicted octanol–water partition coefficient (Wildman–Crippen LogP) is 2.56. The Labute approximate surface area is 92.8 Å². The second kappa shape index (κ2) is 5.89. The molecule has 0 aliphatic carbocycles. The van der Waals surface area contributed by atoms with E-state index in [4.69, 9.17) is 5.26 Å². The van der Waals surface area contributed by atoms with E-state index in [-0.39, 0.29) is 34.1 Å². The summed E-state index contributed by atoms with van der Waals surface area (Å²) in [7, 11) is 0. The second-order valence-corrected chi connectivity index (χ2v) is 2.44. The largest absolute Gasteiger partial charge is 2.00 e. The van der Waals surface area contributed by atoms with Crippen molar-refractivity contribution in [2.45, 2.75) is 13.8 Å². The number of benzene rings is 1. The van der Waals surface area contributed by atoms with Crippen molar-refractivity contribution in [3.63, 3.8) is 0 Å². The van der Waals surface area contributed by atoms with Crippen LogP contribution in [0.15, 0.2) is 6.07 Å². The van der Waals surface area contributed by atoms with Crippen LogP contribution < -0.4 is 0 Å². The van der Waals surface area contributed by atoms with Gasteiger partial charge in [-0.15, -0.1) is 11.6 Å². The van der Waals surface area contributed by atoms with Crippen LogP contribution in [0.4, 0.5) is 4.39 Å². The van der Waals surface area contributed by atoms with Gasteiger partial charge in [-0.05, 0) is 5.56 Å². The van der Waals surface area contributed by atoms with Crippen LogP contribution in [0.5, 0.6) is 0 Å². The maximum Gasteiger partial charge on any atom is 2.00 e. The van der Waals surface area contributed by atoms with Gasteiger partial charge in [-0.3, -0.25) is 0 Å². The third kappa shape index (κ3) is 3.28. The van der Waals surface area contributed by atoms with E-state index in [1.54, 1.807) is 26.0 Å². The Balaban J connectivity index is 0. The number of aryl methyl sites for hydroxylation is 2. The molecule has 0 atom stereocenters. The minimum absolute atomic E-state index is 0. The molecule has 0 unspecified atom stereocenters. The van der Waals surface area contributed by atoms with E-state index in [0.717, 1.165) is 5.56 Å². The summed E-state index contributed by atoms with van der Waals surface area (Å²) in [6.45, 7) is 3.46. The van der Waals surface area contributed by atoms with Crippen LogP contribution in [-0.2, 0) is 21.1 Å². The smallest absolute Gasteiger partial charge is 0.358 e. The molecule has 0 fully saturated rings. The van der Waals surface area contributed by atoms with Gasteiger partial charge in [-0.1, -0.05) is 13.8 Å². The third-order valence-electron chi connectivity index (χ3n) is 1.47. The molecule has 0 bridgehead atoms. The molecule has 68 valence electrons. The Morgan fingerprint density at radius 3 is 2.38 bits per heavy atom. The number of nitrogens with zero attached hydrogens (tertiary/aromatic N) is 1. The molecule has 0 amide bonds. The van der Waals surface area contributed by atoms with Crippen molar-refractivity contribution >= 4 is 0 Å². The average Bonchev–Trinajstić information content (AvgIpc) is 1.85. The Morgan fingerprint density at radius 2 is 2.00 bits per heavy atom. The van der Waals surface area contributed by atoms with Crippen LogP contribution in [-0.4, -0.2) is 0 Å². The number of hydrogen-bond donors (Lipinski definition) is 0. The number of rotatable bonds is 0. The standard InChI is InChI=1S/C9H7FN.CH3.W/c1-6-3-7(2)8(5-11)9(10)4-6;;/h3H,1-2H3;1H3;/q2*-1;+2. The molecule has 3 heteroatoms. The molecule has 0 N–H and O–H groups in total. The summed E-state index contributed by atoms with van der Waals surface area (Å²) in [5.41, 5.74) is 1.48. The topological polar surface area (TPSA) is 23.8 Å². The van der Waals surface area contributed by atoms with Gasteiger partial charge in [0.2, 0.25) is 0 Å². The minimum Gasteiger partial charge on any atom is -0.358 e. The third-order valence-corrected chi connectivity index (χ3v) is 1.47. The normalized spacial score (nSPS) is 7.85. The van der Waals surface area contributed by atoms with Crippen LogP contribution in [0.1, 0.15) is 16.7 Å². The molecule has 0 spiro atoms. The summed E-state index contributed by atoms with van der Waals surface area (Å²) >= 11 is 0. The first-order chi connectivity index (χ1) is 5.15. The van der Waals surface area contributed by atoms with Crippen LogP contribution in [0.25, 0.3) is 0 Å². The molecule has 0 saturated heterocycles. The first-order valence-electron chi connectivity index (χ1n) is 3.24. The van der Waals surface area contributed by atoms with Crippen molar-refractivity contribution in [1.29, 1.82) is 5.26 Å². The SMILES string of the molecule is Cc1[c-]c(F)c(C#N)c(C)c1.[CH3-].[W+2]. The Morgan fingerprint density at radius 1 is 1.46 bits per heavy atom. The molecule has 1 nitrogen and oxygen atoms in total. The van der Waals surface area contributed by atoms with Gasteiger partial charge in [0.1, 0.15) is 0 Å². The fourth-order valence-electron chi connectivity index (χ4n) is 0.979. The Bertz CT molecular complexity index is 305. The van der Waals surface area contributed by atoms with Gasteiger partial charge in [0, 0.05) is 11.9 Å². The quantitative estimate of drug-likeness (QED) is 0.662. The zero-order chi connectivity index (χ0) is 8.43. The maximum atomic E-state index is 12.8. The van der Waals surface area contributed by atoms with Gasteiger partial charge in [0.05, 0.1) is 0 Å². The molecule has 0 aliphatic heterocycles. The van der Waals surface area contributed by atoms with Gasteiger partial charge in [-0.2, -0.15) is 11.6 Å². The van der Waals surface area contributed by atoms with Gasteiger partial charge in [0.15, 0.2) is 0 Å². The van der Waals surface area contributed by atoms with Crippen molar-refractivity contribution in [1.82, 2.24) is 0 Å². The zero-order valence-corrected chi connectivity index (χ0v) is 10.7. The van der Waals surface area contributed by atoms with E-state index < -0.39 is 5.82 Å². The van der Waals surface area contributed by atoms with Crippen molar-refractivity contribution in [2.75, 3.05) is 0 Å². The van der Waals surface area contributed by atoms with Crippen molar-refractivity contribution in [2.24, 2.45) is 0 Å². The van der Waals surface area contributed by atoms with Crippen LogP contribution in [0, 0.1) is 44.5 Å². The van der Waals surface area contributed by atoms with Crippen molar-refractivity contribution < 1.29 is 25.5 Å². The minimum atomic E-state index is -0.551. The second-order valence-electron chi connectivity index (χ2n) is 2.44. The van der Waals surface area contributed by atoms with E-state index in [2.05, 4.69) is 6.07 Å². The van der Waals surface area contributed by atoms with Crippen LogP contribution in [0.2, 0.25) is 0 Å². The molecule has 0 heterocycles. The summed E-state index contributed by atoms with van der Waals surface area (Å²) in [5, 5.41) is 8.48. The first-order valence-corrected chi connectivity index (χ1v) is 3.24. The number of hydrogen-bond acceptors (Lipinski definition) is 1. The average molecular weight is 347 g/mol. The van der Waals surface area contributed by atoms with Crippen LogP contribution in [0.3, 0.4) is 0 Å². The maximum absolute atomic E-state index is 12.8. The van der Waals surface area contributed by atoms with E-state index in [1.165, 1.54) is 0 Å². The van der Waals surface area contributed by atoms with E-state index >= 15 is 0 Å². The van der Waals surface area contributed by atoms with Crippen molar-refractivity contribution in [3.8, 4) is 6.07 Å². The molecule has 0 saturated carbocycles. The van der Waals surface area contributed by atoms with E-state index in [1.807, 2.05) is 0 Å². The summed E-state index contributed by atoms with van der Waals surface area (Å²) in [6.07, 6.45) is 0. The summed E-state index contributed by atoms with van der Waals surface area (Å²) in [4.78, 5) is 0. The monoisotopic (exact) mass is 347 g/mol. The first kappa shape index (κ1) is 14.8. The summed E-state index contributed by atoms with van der Waals surface area (Å²) in [6, 6.07) is 5.96. The van der Waals surface area contributed by atoms with E-state index in [0.29, 0.717) is 5.56 Å². The number of halogens is 1. The molecule has 1 rings (SSSR count). The molecular weight excluding hydrogens is 337 g/mol. The fourth-order valence-corrected chi connectivity index (χ4v) is 0.979. The summed E-state index contributed by atoms with van der Waals surface area (Å²) in [5.74, 6) is -0.551. The number of nitriles is 1. The molecule has 0 aliphatic rings. The summed E-state index contributed by atoms with van der Waals surface area (Å²) < 4.78 is 12.8. The molecule has 13 heavy (non-hydrogen) atoms. The Kier molecular flexibility index (Phi) is 6.72. The molecular formula is C10H10FNW.